The van der Waals surface area contributed by atoms with Crippen LogP contribution in [0, 0.1) is 24.0 Å². The lowest BCUT2D eigenvalue weighted by Gasteiger charge is -2.41. The standard InChI is InChI=1S/C38H36F3N5O6/c1-3-27-31(40)10-5-22-13-26(48)14-30(32(22)27)28-8-9-29-34(33(28)41)42-36(50-19-38-11-4-12-45(38)16-23(39)15-38)43-35(29)44-17-24-6-7-25(18-44)46(24)37(49)52-20-51-21(2)47/h1,5,8-10,13-14,23-25,48H,4,6-7,11-12,15-20H2,2H3/t23-,24-,25+,38+/m1/s1. The first-order valence-corrected chi connectivity index (χ1v) is 17.3. The number of piperazine rings is 1. The van der Waals surface area contributed by atoms with Crippen LogP contribution in [0.3, 0.4) is 0 Å². The number of alkyl halides is 1. The van der Waals surface area contributed by atoms with Gasteiger partial charge in [0.15, 0.2) is 5.82 Å². The van der Waals surface area contributed by atoms with Gasteiger partial charge in [-0.1, -0.05) is 18.1 Å². The zero-order valence-electron chi connectivity index (χ0n) is 28.4. The van der Waals surface area contributed by atoms with E-state index in [4.69, 9.17) is 25.6 Å². The number of benzene rings is 3. The van der Waals surface area contributed by atoms with Gasteiger partial charge in [0.05, 0.1) is 23.2 Å². The van der Waals surface area contributed by atoms with Crippen LogP contribution in [0.5, 0.6) is 11.8 Å². The van der Waals surface area contributed by atoms with Crippen LogP contribution in [0.1, 0.15) is 44.6 Å². The van der Waals surface area contributed by atoms with Crippen molar-refractivity contribution in [3.05, 3.63) is 53.6 Å². The highest BCUT2D eigenvalue weighted by Crippen LogP contribution is 2.43. The lowest BCUT2D eigenvalue weighted by molar-refractivity contribution is -0.149. The topological polar surface area (TPSA) is 118 Å². The predicted octanol–water partition coefficient (Wildman–Crippen LogP) is 5.68. The SMILES string of the molecule is C#Cc1c(F)ccc2cc(O)cc(-c3ccc4c(N5C[C@H]6CC[C@@H](C5)N6C(=O)OCOC(C)=O)nc(OC[C@@]56CCCN5C[C@H](F)C6)nc4c3F)c12. The minimum absolute atomic E-state index is 0.0307. The Labute approximate surface area is 297 Å². The van der Waals surface area contributed by atoms with Gasteiger partial charge in [-0.05, 0) is 67.4 Å². The lowest BCUT2D eigenvalue weighted by Crippen LogP contribution is -2.56. The number of hydrogen-bond donors (Lipinski definition) is 1. The number of rotatable bonds is 7. The molecule has 8 rings (SSSR count). The number of nitrogens with zero attached hydrogens (tertiary/aromatic N) is 5. The number of terminal acetylenes is 1. The Morgan fingerprint density at radius 1 is 1.06 bits per heavy atom. The molecule has 1 aromatic heterocycles. The summed E-state index contributed by atoms with van der Waals surface area (Å²) in [4.78, 5) is 39.2. The van der Waals surface area contributed by atoms with E-state index >= 15 is 4.39 Å². The summed E-state index contributed by atoms with van der Waals surface area (Å²) in [7, 11) is 0. The average Bonchev–Trinajstić information content (AvgIpc) is 3.73. The fourth-order valence-electron chi connectivity index (χ4n) is 8.68. The molecular formula is C38H36F3N5O6. The Morgan fingerprint density at radius 2 is 1.85 bits per heavy atom. The van der Waals surface area contributed by atoms with Crippen LogP contribution in [-0.4, -0.2) is 100 Å². The van der Waals surface area contributed by atoms with E-state index < -0.39 is 42.2 Å². The molecule has 0 saturated carbocycles. The Hall–Kier alpha value is -5.29. The Kier molecular flexibility index (Phi) is 8.48. The number of amides is 1. The highest BCUT2D eigenvalue weighted by molar-refractivity contribution is 6.04. The number of aromatic nitrogens is 2. The summed E-state index contributed by atoms with van der Waals surface area (Å²) >= 11 is 0. The molecule has 14 heteroatoms. The van der Waals surface area contributed by atoms with E-state index in [1.165, 1.54) is 37.3 Å². The van der Waals surface area contributed by atoms with E-state index in [-0.39, 0.29) is 58.0 Å². The number of aromatic hydroxyl groups is 1. The van der Waals surface area contributed by atoms with Crippen molar-refractivity contribution < 1.29 is 42.1 Å². The Bertz CT molecular complexity index is 2150. The largest absolute Gasteiger partial charge is 0.508 e. The van der Waals surface area contributed by atoms with Gasteiger partial charge in [-0.3, -0.25) is 14.6 Å². The first-order chi connectivity index (χ1) is 25.0. The third kappa shape index (κ3) is 5.77. The van der Waals surface area contributed by atoms with Gasteiger partial charge in [-0.15, -0.1) is 6.42 Å². The summed E-state index contributed by atoms with van der Waals surface area (Å²) < 4.78 is 62.8. The van der Waals surface area contributed by atoms with E-state index in [1.54, 1.807) is 11.0 Å². The van der Waals surface area contributed by atoms with Crippen LogP contribution in [0.2, 0.25) is 0 Å². The molecule has 270 valence electrons. The number of phenolic OH excluding ortho intramolecular Hbond substituents is 1. The number of fused-ring (bicyclic) bond motifs is 5. The normalized spacial score (nSPS) is 23.9. The molecule has 0 aliphatic carbocycles. The highest BCUT2D eigenvalue weighted by Gasteiger charge is 2.50. The van der Waals surface area contributed by atoms with Gasteiger partial charge in [0.1, 0.15) is 35.7 Å². The van der Waals surface area contributed by atoms with Crippen LogP contribution in [0.4, 0.5) is 23.8 Å². The molecular weight excluding hydrogens is 679 g/mol. The van der Waals surface area contributed by atoms with E-state index in [0.29, 0.717) is 55.5 Å². The molecule has 4 aliphatic rings. The third-order valence-electron chi connectivity index (χ3n) is 10.9. The molecule has 52 heavy (non-hydrogen) atoms. The van der Waals surface area contributed by atoms with Crippen molar-refractivity contribution in [3.63, 3.8) is 0 Å². The van der Waals surface area contributed by atoms with Crippen LogP contribution in [0.15, 0.2) is 36.4 Å². The van der Waals surface area contributed by atoms with Crippen molar-refractivity contribution in [1.82, 2.24) is 19.8 Å². The highest BCUT2D eigenvalue weighted by atomic mass is 19.1. The lowest BCUT2D eigenvalue weighted by atomic mass is 9.93. The first-order valence-electron chi connectivity index (χ1n) is 17.3. The maximum absolute atomic E-state index is 17.0. The van der Waals surface area contributed by atoms with Crippen LogP contribution in [-0.2, 0) is 14.3 Å². The van der Waals surface area contributed by atoms with Crippen LogP contribution < -0.4 is 9.64 Å². The number of carbonyl (C=O) groups excluding carboxylic acids is 2. The van der Waals surface area contributed by atoms with Crippen molar-refractivity contribution in [2.24, 2.45) is 0 Å². The summed E-state index contributed by atoms with van der Waals surface area (Å²) in [5.74, 6) is 0.619. The molecule has 5 heterocycles. The second kappa shape index (κ2) is 13.0. The molecule has 11 nitrogen and oxygen atoms in total. The van der Waals surface area contributed by atoms with Crippen LogP contribution >= 0.6 is 0 Å². The predicted molar refractivity (Wildman–Crippen MR) is 185 cm³/mol. The molecule has 1 N–H and O–H groups in total. The molecule has 4 fully saturated rings. The number of carbonyl (C=O) groups is 2. The summed E-state index contributed by atoms with van der Waals surface area (Å²) in [6, 6.07) is 8.02. The third-order valence-corrected chi connectivity index (χ3v) is 10.9. The van der Waals surface area contributed by atoms with E-state index in [9.17, 15) is 23.5 Å². The average molecular weight is 716 g/mol. The fraction of sp³-hybridized carbons (Fsp3) is 0.421. The Balaban J connectivity index is 1.20. The van der Waals surface area contributed by atoms with Crippen molar-refractivity contribution in [2.75, 3.05) is 44.5 Å². The number of halogens is 3. The molecule has 3 aromatic carbocycles. The Morgan fingerprint density at radius 3 is 2.60 bits per heavy atom. The molecule has 4 aromatic rings. The van der Waals surface area contributed by atoms with Crippen molar-refractivity contribution in [2.45, 2.75) is 62.8 Å². The van der Waals surface area contributed by atoms with Crippen molar-refractivity contribution >= 4 is 39.6 Å². The summed E-state index contributed by atoms with van der Waals surface area (Å²) in [5.41, 5.74) is -0.431. The van der Waals surface area contributed by atoms with E-state index in [2.05, 4.69) is 15.8 Å². The van der Waals surface area contributed by atoms with Crippen molar-refractivity contribution in [1.29, 1.82) is 0 Å². The molecule has 4 atom stereocenters. The second-order valence-electron chi connectivity index (χ2n) is 14.0. The molecule has 4 aliphatic heterocycles. The van der Waals surface area contributed by atoms with E-state index in [0.717, 1.165) is 19.4 Å². The summed E-state index contributed by atoms with van der Waals surface area (Å²) in [6.07, 6.45) is 7.51. The quantitative estimate of drug-likeness (QED) is 0.146. The number of ether oxygens (including phenoxy) is 3. The number of esters is 1. The molecule has 0 radical (unpaired) electrons. The molecule has 1 amide bonds. The van der Waals surface area contributed by atoms with Gasteiger partial charge in [-0.2, -0.15) is 9.97 Å². The number of phenols is 1. The van der Waals surface area contributed by atoms with Crippen molar-refractivity contribution in [3.8, 4) is 35.2 Å². The van der Waals surface area contributed by atoms with Gasteiger partial charge >= 0.3 is 18.1 Å². The zero-order valence-corrected chi connectivity index (χ0v) is 28.4. The molecule has 0 spiro atoms. The van der Waals surface area contributed by atoms with Gasteiger partial charge in [0, 0.05) is 49.3 Å². The minimum atomic E-state index is -0.973. The van der Waals surface area contributed by atoms with Gasteiger partial charge < -0.3 is 24.2 Å². The smallest absolute Gasteiger partial charge is 0.413 e. The molecule has 0 unspecified atom stereocenters. The maximum Gasteiger partial charge on any atom is 0.413 e. The van der Waals surface area contributed by atoms with Gasteiger partial charge in [0.25, 0.3) is 0 Å². The van der Waals surface area contributed by atoms with Gasteiger partial charge in [-0.25, -0.2) is 18.0 Å². The molecule has 2 bridgehead atoms. The van der Waals surface area contributed by atoms with E-state index in [1.807, 2.05) is 4.90 Å². The minimum Gasteiger partial charge on any atom is -0.508 e. The maximum atomic E-state index is 17.0. The number of hydrogen-bond acceptors (Lipinski definition) is 10. The second-order valence-corrected chi connectivity index (χ2v) is 14.0. The molecule has 4 saturated heterocycles. The first kappa shape index (κ1) is 33.8. The fourth-order valence-corrected chi connectivity index (χ4v) is 8.68. The van der Waals surface area contributed by atoms with Crippen LogP contribution in [0.25, 0.3) is 32.8 Å². The zero-order chi connectivity index (χ0) is 36.3. The summed E-state index contributed by atoms with van der Waals surface area (Å²) in [5, 5.41) is 11.7. The monoisotopic (exact) mass is 715 g/mol. The van der Waals surface area contributed by atoms with Gasteiger partial charge in [0.2, 0.25) is 6.79 Å². The summed E-state index contributed by atoms with van der Waals surface area (Å²) in [6.45, 7) is 2.64. The number of anilines is 1.